The van der Waals surface area contributed by atoms with Gasteiger partial charge >= 0.3 is 11.9 Å². The van der Waals surface area contributed by atoms with Gasteiger partial charge < -0.3 is 18.9 Å². The van der Waals surface area contributed by atoms with E-state index in [0.29, 0.717) is 11.3 Å². The van der Waals surface area contributed by atoms with E-state index in [4.69, 9.17) is 24.2 Å². The molecule has 7 nitrogen and oxygen atoms in total. The van der Waals surface area contributed by atoms with Gasteiger partial charge in [0.25, 0.3) is 0 Å². The van der Waals surface area contributed by atoms with Gasteiger partial charge in [-0.15, -0.1) is 0 Å². The maximum Gasteiger partial charge on any atom is 0.349 e. The minimum absolute atomic E-state index is 0.147. The zero-order valence-corrected chi connectivity index (χ0v) is 17.1. The first kappa shape index (κ1) is 22.5. The van der Waals surface area contributed by atoms with E-state index in [1.165, 1.54) is 19.3 Å². The van der Waals surface area contributed by atoms with E-state index in [9.17, 15) is 9.59 Å². The first-order valence-corrected chi connectivity index (χ1v) is 9.40. The average molecular weight is 409 g/mol. The number of ether oxygens (including phenoxy) is 4. The Morgan fingerprint density at radius 2 is 1.90 bits per heavy atom. The van der Waals surface area contributed by atoms with E-state index < -0.39 is 11.9 Å². The second-order valence-corrected chi connectivity index (χ2v) is 6.06. The molecule has 0 aliphatic rings. The predicted octanol–water partition coefficient (Wildman–Crippen LogP) is 3.71. The highest BCUT2D eigenvalue weighted by atomic mass is 16.6. The van der Waals surface area contributed by atoms with Gasteiger partial charge in [0.1, 0.15) is 17.4 Å². The molecule has 30 heavy (non-hydrogen) atoms. The van der Waals surface area contributed by atoms with Gasteiger partial charge in [0.2, 0.25) is 0 Å². The second kappa shape index (κ2) is 11.3. The lowest BCUT2D eigenvalue weighted by Crippen LogP contribution is -2.18. The zero-order valence-electron chi connectivity index (χ0n) is 17.1. The van der Waals surface area contributed by atoms with Gasteiger partial charge in [0.15, 0.2) is 18.1 Å². The van der Waals surface area contributed by atoms with Crippen molar-refractivity contribution in [2.24, 2.45) is 0 Å². The monoisotopic (exact) mass is 409 g/mol. The Balaban J connectivity index is 2.08. The van der Waals surface area contributed by atoms with Gasteiger partial charge in [-0.3, -0.25) is 0 Å². The van der Waals surface area contributed by atoms with Crippen LogP contribution in [0.1, 0.15) is 25.0 Å². The van der Waals surface area contributed by atoms with Crippen LogP contribution >= 0.6 is 0 Å². The molecule has 0 aliphatic carbocycles. The summed E-state index contributed by atoms with van der Waals surface area (Å²) in [6, 6.07) is 13.9. The summed E-state index contributed by atoms with van der Waals surface area (Å²) in [4.78, 5) is 23.9. The van der Waals surface area contributed by atoms with Crippen molar-refractivity contribution in [3.63, 3.8) is 0 Å². The van der Waals surface area contributed by atoms with Crippen molar-refractivity contribution in [1.29, 1.82) is 5.26 Å². The van der Waals surface area contributed by atoms with Crippen molar-refractivity contribution in [3.8, 4) is 23.3 Å². The fourth-order valence-electron chi connectivity index (χ4n) is 2.52. The van der Waals surface area contributed by atoms with Gasteiger partial charge in [0, 0.05) is 0 Å². The third-order valence-corrected chi connectivity index (χ3v) is 4.00. The number of nitriles is 1. The molecule has 2 aromatic carbocycles. The van der Waals surface area contributed by atoms with E-state index in [0.717, 1.165) is 12.0 Å². The standard InChI is InChI=1S/C23H23NO6/c1-4-16-7-6-8-19(12-16)29-15-22(25)30-20-10-9-17(13-21(20)27-3)11-18(14-24)23(26)28-5-2/h6-13H,4-5,15H2,1-3H3/b18-11+. The van der Waals surface area contributed by atoms with Crippen molar-refractivity contribution in [1.82, 2.24) is 0 Å². The summed E-state index contributed by atoms with van der Waals surface area (Å²) in [5.74, 6) is -0.255. The Labute approximate surface area is 175 Å². The van der Waals surface area contributed by atoms with Crippen LogP contribution in [0, 0.1) is 11.3 Å². The van der Waals surface area contributed by atoms with Crippen molar-refractivity contribution in [2.75, 3.05) is 20.3 Å². The van der Waals surface area contributed by atoms with Crippen LogP contribution in [0.25, 0.3) is 6.08 Å². The molecule has 0 aromatic heterocycles. The van der Waals surface area contributed by atoms with E-state index in [1.807, 2.05) is 25.1 Å². The lowest BCUT2D eigenvalue weighted by atomic mass is 10.1. The number of benzene rings is 2. The maximum atomic E-state index is 12.2. The normalized spacial score (nSPS) is 10.7. The fraction of sp³-hybridized carbons (Fsp3) is 0.261. The minimum atomic E-state index is -0.709. The molecule has 0 aliphatic heterocycles. The number of carbonyl (C=O) groups is 2. The van der Waals surface area contributed by atoms with Gasteiger partial charge in [-0.1, -0.05) is 25.1 Å². The predicted molar refractivity (Wildman–Crippen MR) is 110 cm³/mol. The van der Waals surface area contributed by atoms with Crippen molar-refractivity contribution in [3.05, 3.63) is 59.2 Å². The Morgan fingerprint density at radius 3 is 2.57 bits per heavy atom. The molecular weight excluding hydrogens is 386 g/mol. The number of rotatable bonds is 9. The lowest BCUT2D eigenvalue weighted by molar-refractivity contribution is -0.138. The van der Waals surface area contributed by atoms with Crippen LogP contribution in [-0.4, -0.2) is 32.3 Å². The largest absolute Gasteiger partial charge is 0.493 e. The first-order valence-electron chi connectivity index (χ1n) is 9.40. The molecule has 0 radical (unpaired) electrons. The second-order valence-electron chi connectivity index (χ2n) is 6.06. The highest BCUT2D eigenvalue weighted by Crippen LogP contribution is 2.29. The van der Waals surface area contributed by atoms with Crippen LogP contribution < -0.4 is 14.2 Å². The molecule has 0 fully saturated rings. The van der Waals surface area contributed by atoms with Crippen LogP contribution in [-0.2, 0) is 20.7 Å². The smallest absolute Gasteiger partial charge is 0.349 e. The molecule has 0 N–H and O–H groups in total. The number of hydrogen-bond donors (Lipinski definition) is 0. The summed E-state index contributed by atoms with van der Waals surface area (Å²) in [5, 5.41) is 9.14. The molecule has 0 saturated heterocycles. The molecule has 2 rings (SSSR count). The molecule has 0 amide bonds. The van der Waals surface area contributed by atoms with Gasteiger partial charge in [-0.25, -0.2) is 9.59 Å². The minimum Gasteiger partial charge on any atom is -0.493 e. The van der Waals surface area contributed by atoms with Crippen LogP contribution in [0.4, 0.5) is 0 Å². The van der Waals surface area contributed by atoms with E-state index in [-0.39, 0.29) is 30.3 Å². The molecule has 156 valence electrons. The highest BCUT2D eigenvalue weighted by Gasteiger charge is 2.14. The summed E-state index contributed by atoms with van der Waals surface area (Å²) in [6.07, 6.45) is 2.24. The maximum absolute atomic E-state index is 12.2. The molecule has 0 spiro atoms. The summed E-state index contributed by atoms with van der Waals surface area (Å²) in [5.41, 5.74) is 1.47. The van der Waals surface area contributed by atoms with Gasteiger partial charge in [0.05, 0.1) is 13.7 Å². The fourth-order valence-corrected chi connectivity index (χ4v) is 2.52. The number of nitrogens with zero attached hydrogens (tertiary/aromatic N) is 1. The van der Waals surface area contributed by atoms with Crippen LogP contribution in [0.3, 0.4) is 0 Å². The Hall–Kier alpha value is -3.79. The number of methoxy groups -OCH3 is 1. The summed E-state index contributed by atoms with van der Waals surface area (Å²) < 4.78 is 20.9. The topological polar surface area (TPSA) is 94.9 Å². The Bertz CT molecular complexity index is 974. The van der Waals surface area contributed by atoms with Crippen LogP contribution in [0.5, 0.6) is 17.2 Å². The molecule has 2 aromatic rings. The highest BCUT2D eigenvalue weighted by molar-refractivity contribution is 5.98. The van der Waals surface area contributed by atoms with Gasteiger partial charge in [-0.05, 0) is 54.8 Å². The Kier molecular flexibility index (Phi) is 8.45. The van der Waals surface area contributed by atoms with Crippen LogP contribution in [0.2, 0.25) is 0 Å². The number of aryl methyl sites for hydroxylation is 1. The first-order chi connectivity index (χ1) is 14.5. The van der Waals surface area contributed by atoms with Crippen LogP contribution in [0.15, 0.2) is 48.0 Å². The molecule has 0 heterocycles. The molecule has 0 unspecified atom stereocenters. The third kappa shape index (κ3) is 6.38. The number of hydrogen-bond acceptors (Lipinski definition) is 7. The number of esters is 2. The Morgan fingerprint density at radius 1 is 1.10 bits per heavy atom. The number of carbonyl (C=O) groups excluding carboxylic acids is 2. The van der Waals surface area contributed by atoms with Crippen molar-refractivity contribution in [2.45, 2.75) is 20.3 Å². The summed E-state index contributed by atoms with van der Waals surface area (Å²) in [6.45, 7) is 3.59. The quantitative estimate of drug-likeness (QED) is 0.270. The zero-order chi connectivity index (χ0) is 21.9. The molecule has 7 heteroatoms. The third-order valence-electron chi connectivity index (χ3n) is 4.00. The molecule has 0 saturated carbocycles. The average Bonchev–Trinajstić information content (AvgIpc) is 2.77. The van der Waals surface area contributed by atoms with E-state index in [1.54, 1.807) is 31.2 Å². The molecular formula is C23H23NO6. The summed E-state index contributed by atoms with van der Waals surface area (Å²) >= 11 is 0. The lowest BCUT2D eigenvalue weighted by Gasteiger charge is -2.11. The van der Waals surface area contributed by atoms with Crippen molar-refractivity contribution >= 4 is 18.0 Å². The summed E-state index contributed by atoms with van der Waals surface area (Å²) in [7, 11) is 1.42. The van der Waals surface area contributed by atoms with Gasteiger partial charge in [-0.2, -0.15) is 5.26 Å². The molecule has 0 bridgehead atoms. The van der Waals surface area contributed by atoms with Crippen molar-refractivity contribution < 1.29 is 28.5 Å². The molecule has 0 atom stereocenters. The van der Waals surface area contributed by atoms with E-state index >= 15 is 0 Å². The van der Waals surface area contributed by atoms with E-state index in [2.05, 4.69) is 0 Å². The SMILES string of the molecule is CCOC(=O)/C(C#N)=C/c1ccc(OC(=O)COc2cccc(CC)c2)c(OC)c1.